The monoisotopic (exact) mass is 419 g/mol. The molecule has 0 radical (unpaired) electrons. The largest absolute Gasteiger partial charge is 0.377 e. The summed E-state index contributed by atoms with van der Waals surface area (Å²) in [6, 6.07) is 8.74. The van der Waals surface area contributed by atoms with Crippen LogP contribution < -0.4 is 10.6 Å². The highest BCUT2D eigenvalue weighted by Crippen LogP contribution is 2.11. The van der Waals surface area contributed by atoms with Crippen molar-refractivity contribution in [2.75, 3.05) is 13.2 Å². The van der Waals surface area contributed by atoms with Crippen LogP contribution in [0.2, 0.25) is 0 Å². The molecule has 1 aromatic rings. The van der Waals surface area contributed by atoms with Crippen molar-refractivity contribution < 1.29 is 4.74 Å². The highest BCUT2D eigenvalue weighted by molar-refractivity contribution is 14.0. The predicted molar refractivity (Wildman–Crippen MR) is 105 cm³/mol. The lowest BCUT2D eigenvalue weighted by Crippen LogP contribution is -2.41. The Morgan fingerprint density at radius 1 is 1.18 bits per heavy atom. The third kappa shape index (κ3) is 7.98. The number of benzene rings is 1. The van der Waals surface area contributed by atoms with E-state index >= 15 is 0 Å². The van der Waals surface area contributed by atoms with Crippen molar-refractivity contribution in [3.8, 4) is 0 Å². The van der Waals surface area contributed by atoms with E-state index in [1.165, 1.54) is 11.1 Å². The summed E-state index contributed by atoms with van der Waals surface area (Å²) in [6.45, 7) is 11.3. The minimum Gasteiger partial charge on any atom is -0.377 e. The van der Waals surface area contributed by atoms with E-state index in [-0.39, 0.29) is 24.0 Å². The molecule has 2 N–H and O–H groups in total. The van der Waals surface area contributed by atoms with Gasteiger partial charge in [0.25, 0.3) is 0 Å². The molecule has 0 aliphatic carbocycles. The Morgan fingerprint density at radius 2 is 1.86 bits per heavy atom. The van der Waals surface area contributed by atoms with Gasteiger partial charge in [-0.05, 0) is 38.3 Å². The molecule has 1 atom stereocenters. The SMILES string of the molecule is CCNC(=NCc1ccccc1COCC)NC(C)CC.I. The van der Waals surface area contributed by atoms with Crippen molar-refractivity contribution >= 4 is 29.9 Å². The second kappa shape index (κ2) is 12.7. The van der Waals surface area contributed by atoms with Crippen LogP contribution in [0.1, 0.15) is 45.2 Å². The van der Waals surface area contributed by atoms with Crippen molar-refractivity contribution in [2.24, 2.45) is 4.99 Å². The molecular formula is C17H30IN3O. The Morgan fingerprint density at radius 3 is 2.45 bits per heavy atom. The van der Waals surface area contributed by atoms with Gasteiger partial charge in [-0.3, -0.25) is 0 Å². The summed E-state index contributed by atoms with van der Waals surface area (Å²) in [7, 11) is 0. The Labute approximate surface area is 152 Å². The Kier molecular flexibility index (Phi) is 12.2. The van der Waals surface area contributed by atoms with Gasteiger partial charge in [0.15, 0.2) is 5.96 Å². The Hall–Kier alpha value is -0.820. The number of aliphatic imine (C=N–C) groups is 1. The molecule has 0 bridgehead atoms. The number of halogens is 1. The molecule has 0 heterocycles. The minimum absolute atomic E-state index is 0. The second-order valence-corrected chi connectivity index (χ2v) is 5.05. The molecule has 0 aliphatic rings. The summed E-state index contributed by atoms with van der Waals surface area (Å²) in [6.07, 6.45) is 1.07. The zero-order chi connectivity index (χ0) is 15.5. The van der Waals surface area contributed by atoms with Gasteiger partial charge >= 0.3 is 0 Å². The van der Waals surface area contributed by atoms with Crippen LogP contribution in [-0.4, -0.2) is 25.2 Å². The van der Waals surface area contributed by atoms with Gasteiger partial charge in [0.2, 0.25) is 0 Å². The summed E-state index contributed by atoms with van der Waals surface area (Å²) in [5, 5.41) is 6.70. The molecule has 0 spiro atoms. The fourth-order valence-electron chi connectivity index (χ4n) is 1.88. The molecule has 1 rings (SSSR count). The van der Waals surface area contributed by atoms with E-state index < -0.39 is 0 Å². The van der Waals surface area contributed by atoms with Gasteiger partial charge in [0.1, 0.15) is 0 Å². The summed E-state index contributed by atoms with van der Waals surface area (Å²) >= 11 is 0. The first kappa shape index (κ1) is 21.2. The van der Waals surface area contributed by atoms with E-state index in [0.29, 0.717) is 19.2 Å². The molecule has 0 aromatic heterocycles. The number of rotatable bonds is 8. The maximum absolute atomic E-state index is 5.52. The average molecular weight is 419 g/mol. The van der Waals surface area contributed by atoms with Gasteiger partial charge in [0, 0.05) is 19.2 Å². The molecule has 4 nitrogen and oxygen atoms in total. The number of hydrogen-bond donors (Lipinski definition) is 2. The van der Waals surface area contributed by atoms with Gasteiger partial charge < -0.3 is 15.4 Å². The maximum Gasteiger partial charge on any atom is 0.191 e. The standard InChI is InChI=1S/C17H29N3O.HI/c1-5-14(4)20-17(18-6-2)19-12-15-10-8-9-11-16(15)13-21-7-3;/h8-11,14H,5-7,12-13H2,1-4H3,(H2,18,19,20);1H. The van der Waals surface area contributed by atoms with Crippen molar-refractivity contribution in [3.63, 3.8) is 0 Å². The van der Waals surface area contributed by atoms with Gasteiger partial charge in [-0.15, -0.1) is 24.0 Å². The van der Waals surface area contributed by atoms with E-state index in [4.69, 9.17) is 4.74 Å². The van der Waals surface area contributed by atoms with Gasteiger partial charge in [0.05, 0.1) is 13.2 Å². The van der Waals surface area contributed by atoms with Gasteiger partial charge in [-0.1, -0.05) is 31.2 Å². The molecule has 1 unspecified atom stereocenters. The summed E-state index contributed by atoms with van der Waals surface area (Å²) in [4.78, 5) is 4.68. The molecular weight excluding hydrogens is 389 g/mol. The highest BCUT2D eigenvalue weighted by atomic mass is 127. The molecule has 126 valence electrons. The fraction of sp³-hybridized carbons (Fsp3) is 0.588. The van der Waals surface area contributed by atoms with Crippen LogP contribution in [0.25, 0.3) is 0 Å². The quantitative estimate of drug-likeness (QED) is 0.384. The second-order valence-electron chi connectivity index (χ2n) is 5.05. The Balaban J connectivity index is 0.00000441. The van der Waals surface area contributed by atoms with E-state index in [9.17, 15) is 0 Å². The van der Waals surface area contributed by atoms with Crippen LogP contribution in [0.3, 0.4) is 0 Å². The van der Waals surface area contributed by atoms with Crippen LogP contribution >= 0.6 is 24.0 Å². The Bertz CT molecular complexity index is 438. The molecule has 5 heteroatoms. The molecule has 22 heavy (non-hydrogen) atoms. The molecule has 0 amide bonds. The topological polar surface area (TPSA) is 45.7 Å². The van der Waals surface area contributed by atoms with Gasteiger partial charge in [-0.25, -0.2) is 4.99 Å². The first-order valence-electron chi connectivity index (χ1n) is 7.90. The van der Waals surface area contributed by atoms with Gasteiger partial charge in [-0.2, -0.15) is 0 Å². The zero-order valence-electron chi connectivity index (χ0n) is 14.2. The van der Waals surface area contributed by atoms with Crippen molar-refractivity contribution in [2.45, 2.75) is 53.3 Å². The summed E-state index contributed by atoms with van der Waals surface area (Å²) < 4.78 is 5.52. The lowest BCUT2D eigenvalue weighted by Gasteiger charge is -2.16. The lowest BCUT2D eigenvalue weighted by molar-refractivity contribution is 0.133. The van der Waals surface area contributed by atoms with Crippen LogP contribution in [0.15, 0.2) is 29.3 Å². The van der Waals surface area contributed by atoms with Crippen LogP contribution in [0.5, 0.6) is 0 Å². The summed E-state index contributed by atoms with van der Waals surface area (Å²) in [5.74, 6) is 0.873. The third-order valence-electron chi connectivity index (χ3n) is 3.33. The van der Waals surface area contributed by atoms with E-state index in [1.54, 1.807) is 0 Å². The van der Waals surface area contributed by atoms with E-state index in [2.05, 4.69) is 54.6 Å². The number of nitrogens with zero attached hydrogens (tertiary/aromatic N) is 1. The smallest absolute Gasteiger partial charge is 0.191 e. The average Bonchev–Trinajstić information content (AvgIpc) is 2.51. The van der Waals surface area contributed by atoms with Crippen molar-refractivity contribution in [1.82, 2.24) is 10.6 Å². The molecule has 0 fully saturated rings. The van der Waals surface area contributed by atoms with Crippen molar-refractivity contribution in [1.29, 1.82) is 0 Å². The van der Waals surface area contributed by atoms with Crippen molar-refractivity contribution in [3.05, 3.63) is 35.4 Å². The van der Waals surface area contributed by atoms with Crippen LogP contribution in [0, 0.1) is 0 Å². The molecule has 0 aliphatic heterocycles. The maximum atomic E-state index is 5.52. The number of ether oxygens (including phenoxy) is 1. The molecule has 1 aromatic carbocycles. The summed E-state index contributed by atoms with van der Waals surface area (Å²) in [5.41, 5.74) is 2.43. The molecule has 0 saturated heterocycles. The van der Waals surface area contributed by atoms with Crippen LogP contribution in [0.4, 0.5) is 0 Å². The first-order chi connectivity index (χ1) is 10.2. The first-order valence-corrected chi connectivity index (χ1v) is 7.90. The predicted octanol–water partition coefficient (Wildman–Crippen LogP) is 3.69. The lowest BCUT2D eigenvalue weighted by atomic mass is 10.1. The molecule has 0 saturated carbocycles. The van der Waals surface area contributed by atoms with E-state index in [0.717, 1.165) is 25.5 Å². The number of guanidine groups is 1. The number of hydrogen-bond acceptors (Lipinski definition) is 2. The fourth-order valence-corrected chi connectivity index (χ4v) is 1.88. The van der Waals surface area contributed by atoms with E-state index in [1.807, 2.05) is 13.0 Å². The third-order valence-corrected chi connectivity index (χ3v) is 3.33. The number of nitrogens with one attached hydrogen (secondary N) is 2. The highest BCUT2D eigenvalue weighted by Gasteiger charge is 2.04. The zero-order valence-corrected chi connectivity index (χ0v) is 16.5. The normalized spacial score (nSPS) is 12.5. The van der Waals surface area contributed by atoms with Crippen LogP contribution in [-0.2, 0) is 17.9 Å². The minimum atomic E-state index is 0.